The first-order valence-corrected chi connectivity index (χ1v) is 4.67. The smallest absolute Gasteiger partial charge is 0.0521 e. The molecule has 0 saturated heterocycles. The predicted molar refractivity (Wildman–Crippen MR) is 55.4 cm³/mol. The summed E-state index contributed by atoms with van der Waals surface area (Å²) in [7, 11) is 1.95. The number of aryl methyl sites for hydroxylation is 2. The van der Waals surface area contributed by atoms with Gasteiger partial charge in [0, 0.05) is 12.7 Å². The van der Waals surface area contributed by atoms with Gasteiger partial charge in [-0.3, -0.25) is 4.68 Å². The minimum atomic E-state index is 1.24. The zero-order valence-corrected chi connectivity index (χ0v) is 9.47. The van der Waals surface area contributed by atoms with Gasteiger partial charge in [-0.1, -0.05) is 27.7 Å². The van der Waals surface area contributed by atoms with E-state index in [1.807, 2.05) is 45.6 Å². The molecule has 0 unspecified atom stereocenters. The molecule has 72 valence electrons. The molecule has 0 aliphatic heterocycles. The average Bonchev–Trinajstić information content (AvgIpc) is 2.43. The van der Waals surface area contributed by atoms with E-state index in [4.69, 9.17) is 0 Å². The van der Waals surface area contributed by atoms with Gasteiger partial charge in [0.1, 0.15) is 0 Å². The number of hydrogen-bond acceptors (Lipinski definition) is 1. The van der Waals surface area contributed by atoms with E-state index in [9.17, 15) is 0 Å². The fourth-order valence-electron chi connectivity index (χ4n) is 0.608. The third-order valence-electron chi connectivity index (χ3n) is 1.48. The molecule has 0 saturated carbocycles. The SMILES string of the molecule is CC.CC.Cc1cnn(C)c1C. The van der Waals surface area contributed by atoms with E-state index in [0.717, 1.165) is 0 Å². The van der Waals surface area contributed by atoms with Crippen molar-refractivity contribution >= 4 is 0 Å². The number of nitrogens with zero attached hydrogens (tertiary/aromatic N) is 2. The highest BCUT2D eigenvalue weighted by molar-refractivity contribution is 5.12. The van der Waals surface area contributed by atoms with Crippen LogP contribution in [0.3, 0.4) is 0 Å². The molecule has 0 amide bonds. The fraction of sp³-hybridized carbons (Fsp3) is 0.700. The van der Waals surface area contributed by atoms with E-state index in [2.05, 4.69) is 18.9 Å². The lowest BCUT2D eigenvalue weighted by molar-refractivity contribution is 0.739. The van der Waals surface area contributed by atoms with Crippen LogP contribution in [0.5, 0.6) is 0 Å². The second kappa shape index (κ2) is 8.31. The van der Waals surface area contributed by atoms with Gasteiger partial charge < -0.3 is 0 Å². The zero-order chi connectivity index (χ0) is 10.1. The minimum Gasteiger partial charge on any atom is -0.273 e. The standard InChI is InChI=1S/C6H10N2.2C2H6/c1-5-4-7-8(3)6(5)2;2*1-2/h4H,1-3H3;2*1-2H3. The van der Waals surface area contributed by atoms with Gasteiger partial charge in [-0.15, -0.1) is 0 Å². The Kier molecular flexibility index (Phi) is 9.54. The monoisotopic (exact) mass is 170 g/mol. The zero-order valence-electron chi connectivity index (χ0n) is 9.47. The van der Waals surface area contributed by atoms with Gasteiger partial charge in [0.05, 0.1) is 6.20 Å². The Labute approximate surface area is 76.6 Å². The van der Waals surface area contributed by atoms with Crippen LogP contribution in [0.15, 0.2) is 6.20 Å². The van der Waals surface area contributed by atoms with Crippen molar-refractivity contribution in [2.45, 2.75) is 41.5 Å². The van der Waals surface area contributed by atoms with E-state index in [1.54, 1.807) is 0 Å². The lowest BCUT2D eigenvalue weighted by Crippen LogP contribution is -1.91. The van der Waals surface area contributed by atoms with Crippen molar-refractivity contribution in [1.29, 1.82) is 0 Å². The molecule has 1 rings (SSSR count). The summed E-state index contributed by atoms with van der Waals surface area (Å²) in [5.41, 5.74) is 2.50. The van der Waals surface area contributed by atoms with Crippen LogP contribution in [-0.4, -0.2) is 9.78 Å². The highest BCUT2D eigenvalue weighted by Crippen LogP contribution is 2.00. The Bertz CT molecular complexity index is 170. The minimum absolute atomic E-state index is 1.24. The lowest BCUT2D eigenvalue weighted by Gasteiger charge is -1.90. The summed E-state index contributed by atoms with van der Waals surface area (Å²) in [6.45, 7) is 12.1. The van der Waals surface area contributed by atoms with Crippen molar-refractivity contribution in [2.24, 2.45) is 7.05 Å². The van der Waals surface area contributed by atoms with Gasteiger partial charge in [-0.25, -0.2) is 0 Å². The van der Waals surface area contributed by atoms with Gasteiger partial charge in [0.2, 0.25) is 0 Å². The van der Waals surface area contributed by atoms with Crippen LogP contribution < -0.4 is 0 Å². The number of aromatic nitrogens is 2. The molecule has 0 N–H and O–H groups in total. The number of hydrogen-bond donors (Lipinski definition) is 0. The van der Waals surface area contributed by atoms with Crippen LogP contribution in [0.25, 0.3) is 0 Å². The highest BCUT2D eigenvalue weighted by atomic mass is 15.3. The largest absolute Gasteiger partial charge is 0.273 e. The van der Waals surface area contributed by atoms with Crippen LogP contribution in [-0.2, 0) is 7.05 Å². The molecule has 12 heavy (non-hydrogen) atoms. The first-order valence-electron chi connectivity index (χ1n) is 4.67. The Hall–Kier alpha value is -0.790. The molecular formula is C10H22N2. The maximum Gasteiger partial charge on any atom is 0.0521 e. The average molecular weight is 170 g/mol. The van der Waals surface area contributed by atoms with Crippen molar-refractivity contribution in [2.75, 3.05) is 0 Å². The van der Waals surface area contributed by atoms with Crippen LogP contribution in [0.1, 0.15) is 39.0 Å². The van der Waals surface area contributed by atoms with Gasteiger partial charge in [0.15, 0.2) is 0 Å². The van der Waals surface area contributed by atoms with Crippen molar-refractivity contribution in [3.05, 3.63) is 17.5 Å². The van der Waals surface area contributed by atoms with E-state index >= 15 is 0 Å². The molecule has 0 fully saturated rings. The number of rotatable bonds is 0. The van der Waals surface area contributed by atoms with E-state index in [-0.39, 0.29) is 0 Å². The van der Waals surface area contributed by atoms with Crippen molar-refractivity contribution in [3.8, 4) is 0 Å². The molecule has 2 nitrogen and oxygen atoms in total. The van der Waals surface area contributed by atoms with Gasteiger partial charge >= 0.3 is 0 Å². The second-order valence-corrected chi connectivity index (χ2v) is 2.04. The van der Waals surface area contributed by atoms with E-state index < -0.39 is 0 Å². The quantitative estimate of drug-likeness (QED) is 0.585. The lowest BCUT2D eigenvalue weighted by atomic mass is 10.3. The van der Waals surface area contributed by atoms with Crippen LogP contribution in [0.2, 0.25) is 0 Å². The summed E-state index contributed by atoms with van der Waals surface area (Å²) in [5, 5.41) is 4.03. The Balaban J connectivity index is 0. The maximum atomic E-state index is 4.03. The van der Waals surface area contributed by atoms with Crippen LogP contribution in [0, 0.1) is 13.8 Å². The van der Waals surface area contributed by atoms with Crippen molar-refractivity contribution < 1.29 is 0 Å². The molecule has 0 aliphatic carbocycles. The summed E-state index contributed by atoms with van der Waals surface area (Å²) in [4.78, 5) is 0. The molecule has 0 spiro atoms. The maximum absolute atomic E-state index is 4.03. The molecular weight excluding hydrogens is 148 g/mol. The van der Waals surface area contributed by atoms with Crippen molar-refractivity contribution in [3.63, 3.8) is 0 Å². The molecule has 1 heterocycles. The first-order chi connectivity index (χ1) is 5.72. The molecule has 0 atom stereocenters. The molecule has 0 bridgehead atoms. The molecule has 0 aliphatic rings. The Morgan fingerprint density at radius 1 is 1.08 bits per heavy atom. The van der Waals surface area contributed by atoms with Gasteiger partial charge in [0.25, 0.3) is 0 Å². The summed E-state index contributed by atoms with van der Waals surface area (Å²) in [5.74, 6) is 0. The van der Waals surface area contributed by atoms with Crippen LogP contribution >= 0.6 is 0 Å². The highest BCUT2D eigenvalue weighted by Gasteiger charge is 1.93. The summed E-state index contributed by atoms with van der Waals surface area (Å²) < 4.78 is 1.87. The normalized spacial score (nSPS) is 7.58. The fourth-order valence-corrected chi connectivity index (χ4v) is 0.608. The summed E-state index contributed by atoms with van der Waals surface area (Å²) >= 11 is 0. The van der Waals surface area contributed by atoms with Crippen molar-refractivity contribution in [1.82, 2.24) is 9.78 Å². The molecule has 1 aromatic heterocycles. The second-order valence-electron chi connectivity index (χ2n) is 2.04. The van der Waals surface area contributed by atoms with Gasteiger partial charge in [-0.2, -0.15) is 5.10 Å². The topological polar surface area (TPSA) is 17.8 Å². The van der Waals surface area contributed by atoms with E-state index in [0.29, 0.717) is 0 Å². The molecule has 0 radical (unpaired) electrons. The third-order valence-corrected chi connectivity index (χ3v) is 1.48. The van der Waals surface area contributed by atoms with Crippen LogP contribution in [0.4, 0.5) is 0 Å². The molecule has 1 aromatic rings. The van der Waals surface area contributed by atoms with E-state index in [1.165, 1.54) is 11.3 Å². The van der Waals surface area contributed by atoms with Gasteiger partial charge in [-0.05, 0) is 19.4 Å². The Morgan fingerprint density at radius 3 is 1.58 bits per heavy atom. The summed E-state index contributed by atoms with van der Waals surface area (Å²) in [6.07, 6.45) is 1.87. The predicted octanol–water partition coefficient (Wildman–Crippen LogP) is 3.09. The molecule has 0 aromatic carbocycles. The third kappa shape index (κ3) is 4.16. The first kappa shape index (κ1) is 13.8. The summed E-state index contributed by atoms with van der Waals surface area (Å²) in [6, 6.07) is 0. The Morgan fingerprint density at radius 2 is 1.50 bits per heavy atom. The molecule has 2 heteroatoms.